The molecular formula is C15H23ClN4O3S. The smallest absolute Gasteiger partial charge is 0.269 e. The van der Waals surface area contributed by atoms with Gasteiger partial charge < -0.3 is 10.6 Å². The third-order valence-electron chi connectivity index (χ3n) is 3.67. The first kappa shape index (κ1) is 20.7. The maximum atomic E-state index is 12.1. The minimum atomic E-state index is -0.430. The highest BCUT2D eigenvalue weighted by Crippen LogP contribution is 2.25. The van der Waals surface area contributed by atoms with Crippen molar-refractivity contribution in [3.8, 4) is 0 Å². The molecule has 24 heavy (non-hydrogen) atoms. The number of nitro benzene ring substituents is 1. The molecule has 1 atom stereocenters. The Morgan fingerprint density at radius 1 is 1.38 bits per heavy atom. The number of piperazine rings is 1. The molecule has 7 nitrogen and oxygen atoms in total. The van der Waals surface area contributed by atoms with Crippen LogP contribution in [0.25, 0.3) is 0 Å². The summed E-state index contributed by atoms with van der Waals surface area (Å²) < 4.78 is 0. The lowest BCUT2D eigenvalue weighted by Crippen LogP contribution is -2.46. The van der Waals surface area contributed by atoms with Gasteiger partial charge in [-0.25, -0.2) is 0 Å². The van der Waals surface area contributed by atoms with Crippen LogP contribution in [0.5, 0.6) is 0 Å². The van der Waals surface area contributed by atoms with E-state index >= 15 is 0 Å². The lowest BCUT2D eigenvalue weighted by molar-refractivity contribution is -0.384. The van der Waals surface area contributed by atoms with Gasteiger partial charge in [0.25, 0.3) is 5.69 Å². The average molecular weight is 375 g/mol. The first-order valence-electron chi connectivity index (χ1n) is 7.68. The second-order valence-corrected chi connectivity index (χ2v) is 6.81. The molecule has 0 aliphatic carbocycles. The zero-order chi connectivity index (χ0) is 16.7. The SMILES string of the molecule is CC(Sc1ccc([N+](=O)[O-])cc1)C(=O)NCCN1CCNCC1.Cl. The predicted molar refractivity (Wildman–Crippen MR) is 98.0 cm³/mol. The number of nitro groups is 1. The molecule has 1 unspecified atom stereocenters. The van der Waals surface area contributed by atoms with Gasteiger partial charge in [-0.1, -0.05) is 0 Å². The van der Waals surface area contributed by atoms with Gasteiger partial charge in [-0.15, -0.1) is 24.2 Å². The Kier molecular flexibility index (Phi) is 9.05. The Morgan fingerprint density at radius 2 is 2.00 bits per heavy atom. The number of rotatable bonds is 7. The maximum Gasteiger partial charge on any atom is 0.269 e. The first-order valence-corrected chi connectivity index (χ1v) is 8.56. The molecule has 2 rings (SSSR count). The van der Waals surface area contributed by atoms with Crippen LogP contribution in [-0.2, 0) is 4.79 Å². The lowest BCUT2D eigenvalue weighted by atomic mass is 10.3. The molecule has 9 heteroatoms. The molecule has 1 heterocycles. The van der Waals surface area contributed by atoms with E-state index < -0.39 is 4.92 Å². The van der Waals surface area contributed by atoms with Crippen LogP contribution in [0.3, 0.4) is 0 Å². The van der Waals surface area contributed by atoms with Gasteiger partial charge in [0.05, 0.1) is 10.2 Å². The zero-order valence-electron chi connectivity index (χ0n) is 13.6. The Morgan fingerprint density at radius 3 is 2.58 bits per heavy atom. The molecule has 1 aromatic carbocycles. The summed E-state index contributed by atoms with van der Waals surface area (Å²) in [6, 6.07) is 6.26. The van der Waals surface area contributed by atoms with Crippen molar-refractivity contribution in [1.82, 2.24) is 15.5 Å². The minimum Gasteiger partial charge on any atom is -0.354 e. The van der Waals surface area contributed by atoms with Crippen molar-refractivity contribution in [1.29, 1.82) is 0 Å². The molecule has 1 amide bonds. The van der Waals surface area contributed by atoms with E-state index in [2.05, 4.69) is 15.5 Å². The summed E-state index contributed by atoms with van der Waals surface area (Å²) in [5.41, 5.74) is 0.0578. The Bertz CT molecular complexity index is 538. The summed E-state index contributed by atoms with van der Waals surface area (Å²) in [6.07, 6.45) is 0. The highest BCUT2D eigenvalue weighted by atomic mass is 35.5. The molecule has 2 N–H and O–H groups in total. The number of hydrogen-bond acceptors (Lipinski definition) is 6. The van der Waals surface area contributed by atoms with Gasteiger partial charge in [0.15, 0.2) is 0 Å². The van der Waals surface area contributed by atoms with Crippen LogP contribution >= 0.6 is 24.2 Å². The topological polar surface area (TPSA) is 87.5 Å². The van der Waals surface area contributed by atoms with E-state index in [0.717, 1.165) is 37.6 Å². The van der Waals surface area contributed by atoms with Crippen LogP contribution < -0.4 is 10.6 Å². The zero-order valence-corrected chi connectivity index (χ0v) is 15.2. The van der Waals surface area contributed by atoms with Crippen LogP contribution in [0.2, 0.25) is 0 Å². The van der Waals surface area contributed by atoms with Gasteiger partial charge >= 0.3 is 0 Å². The van der Waals surface area contributed by atoms with Gasteiger partial charge in [-0.2, -0.15) is 0 Å². The van der Waals surface area contributed by atoms with Crippen molar-refractivity contribution in [3.63, 3.8) is 0 Å². The molecule has 1 saturated heterocycles. The van der Waals surface area contributed by atoms with E-state index in [1.165, 1.54) is 23.9 Å². The second-order valence-electron chi connectivity index (χ2n) is 5.39. The van der Waals surface area contributed by atoms with Crippen LogP contribution in [0.15, 0.2) is 29.2 Å². The van der Waals surface area contributed by atoms with E-state index in [1.54, 1.807) is 12.1 Å². The molecule has 1 aliphatic rings. The number of nitrogens with zero attached hydrogens (tertiary/aromatic N) is 2. The van der Waals surface area contributed by atoms with Crippen LogP contribution in [0.1, 0.15) is 6.92 Å². The first-order chi connectivity index (χ1) is 11.1. The molecule has 0 spiro atoms. The van der Waals surface area contributed by atoms with E-state index in [9.17, 15) is 14.9 Å². The third-order valence-corrected chi connectivity index (χ3v) is 4.78. The molecule has 1 aromatic rings. The van der Waals surface area contributed by atoms with Gasteiger partial charge in [-0.05, 0) is 19.1 Å². The standard InChI is InChI=1S/C15H22N4O3S.ClH/c1-12(23-14-4-2-13(3-5-14)19(21)22)15(20)17-8-11-18-9-6-16-7-10-18;/h2-5,12,16H,6-11H2,1H3,(H,17,20);1H. The fourth-order valence-electron chi connectivity index (χ4n) is 2.32. The van der Waals surface area contributed by atoms with Crippen molar-refractivity contribution in [2.45, 2.75) is 17.1 Å². The highest BCUT2D eigenvalue weighted by molar-refractivity contribution is 8.00. The van der Waals surface area contributed by atoms with Crippen molar-refractivity contribution < 1.29 is 9.72 Å². The third kappa shape index (κ3) is 6.64. The van der Waals surface area contributed by atoms with Gasteiger partial charge in [0, 0.05) is 56.3 Å². The van der Waals surface area contributed by atoms with Crippen molar-refractivity contribution in [2.24, 2.45) is 0 Å². The summed E-state index contributed by atoms with van der Waals surface area (Å²) in [4.78, 5) is 25.5. The molecule has 1 aliphatic heterocycles. The maximum absolute atomic E-state index is 12.1. The van der Waals surface area contributed by atoms with Gasteiger partial charge in [-0.3, -0.25) is 19.8 Å². The molecular weight excluding hydrogens is 352 g/mol. The monoisotopic (exact) mass is 374 g/mol. The number of benzene rings is 1. The van der Waals surface area contributed by atoms with Crippen molar-refractivity contribution >= 4 is 35.8 Å². The average Bonchev–Trinajstić information content (AvgIpc) is 2.56. The number of carbonyl (C=O) groups is 1. The lowest BCUT2D eigenvalue weighted by Gasteiger charge is -2.27. The largest absolute Gasteiger partial charge is 0.354 e. The summed E-state index contributed by atoms with van der Waals surface area (Å²) in [6.45, 7) is 7.38. The highest BCUT2D eigenvalue weighted by Gasteiger charge is 2.15. The Labute approximate surface area is 152 Å². The number of amides is 1. The van der Waals surface area contributed by atoms with E-state index in [-0.39, 0.29) is 29.3 Å². The summed E-state index contributed by atoms with van der Waals surface area (Å²) in [5, 5.41) is 16.6. The fourth-order valence-corrected chi connectivity index (χ4v) is 3.21. The Balaban J connectivity index is 0.00000288. The van der Waals surface area contributed by atoms with Gasteiger partial charge in [0.2, 0.25) is 5.91 Å². The van der Waals surface area contributed by atoms with E-state index in [4.69, 9.17) is 0 Å². The number of nitrogens with one attached hydrogen (secondary N) is 2. The van der Waals surface area contributed by atoms with Crippen LogP contribution in [-0.4, -0.2) is 60.2 Å². The summed E-state index contributed by atoms with van der Waals surface area (Å²) in [7, 11) is 0. The number of halogens is 1. The molecule has 0 radical (unpaired) electrons. The van der Waals surface area contributed by atoms with E-state index in [0.29, 0.717) is 6.54 Å². The summed E-state index contributed by atoms with van der Waals surface area (Å²) >= 11 is 1.40. The van der Waals surface area contributed by atoms with Crippen molar-refractivity contribution in [3.05, 3.63) is 34.4 Å². The molecule has 0 aromatic heterocycles. The second kappa shape index (κ2) is 10.5. The Hall–Kier alpha value is -1.35. The number of thioether (sulfide) groups is 1. The quantitative estimate of drug-likeness (QED) is 0.427. The normalized spacial score (nSPS) is 16.0. The van der Waals surface area contributed by atoms with E-state index in [1.807, 2.05) is 6.92 Å². The fraction of sp³-hybridized carbons (Fsp3) is 0.533. The van der Waals surface area contributed by atoms with Gasteiger partial charge in [0.1, 0.15) is 0 Å². The predicted octanol–water partition coefficient (Wildman–Crippen LogP) is 1.52. The summed E-state index contributed by atoms with van der Waals surface area (Å²) in [5.74, 6) is -0.0107. The minimum absolute atomic E-state index is 0. The number of carbonyl (C=O) groups excluding carboxylic acids is 1. The van der Waals surface area contributed by atoms with Crippen LogP contribution in [0, 0.1) is 10.1 Å². The van der Waals surface area contributed by atoms with Crippen LogP contribution in [0.4, 0.5) is 5.69 Å². The molecule has 134 valence electrons. The molecule has 0 bridgehead atoms. The number of non-ortho nitro benzene ring substituents is 1. The molecule has 0 saturated carbocycles. The number of hydrogen-bond donors (Lipinski definition) is 2. The van der Waals surface area contributed by atoms with Crippen molar-refractivity contribution in [2.75, 3.05) is 39.3 Å². The molecule has 1 fully saturated rings.